The van der Waals surface area contributed by atoms with Crippen LogP contribution < -0.4 is 0 Å². The topological polar surface area (TPSA) is 99.4 Å². The van der Waals surface area contributed by atoms with E-state index >= 15 is 0 Å². The Bertz CT molecular complexity index is 918. The predicted molar refractivity (Wildman–Crippen MR) is 161 cm³/mol. The van der Waals surface area contributed by atoms with Crippen LogP contribution in [0.4, 0.5) is 0 Å². The van der Waals surface area contributed by atoms with E-state index in [9.17, 15) is 20.4 Å². The van der Waals surface area contributed by atoms with Gasteiger partial charge in [0, 0.05) is 0 Å². The molecule has 0 aromatic carbocycles. The molecule has 6 heteroatoms. The van der Waals surface area contributed by atoms with Gasteiger partial charge in [-0.3, -0.25) is 0 Å². The fourth-order valence-corrected chi connectivity index (χ4v) is 10.8. The largest absolute Gasteiger partial charge is 0.394 e. The summed E-state index contributed by atoms with van der Waals surface area (Å²) in [6.45, 7) is 14.5. The van der Waals surface area contributed by atoms with Crippen molar-refractivity contribution in [2.24, 2.45) is 52.3 Å². The molecule has 5 rings (SSSR count). The summed E-state index contributed by atoms with van der Waals surface area (Å²) in [5, 5.41) is 40.4. The number of hydrogen-bond donors (Lipinski definition) is 4. The van der Waals surface area contributed by atoms with Crippen LogP contribution in [-0.4, -0.2) is 63.8 Å². The molecule has 0 aromatic rings. The zero-order chi connectivity index (χ0) is 29.7. The fourth-order valence-electron chi connectivity index (χ4n) is 10.8. The Balaban J connectivity index is 1.24. The van der Waals surface area contributed by atoms with Gasteiger partial charge in [-0.1, -0.05) is 66.0 Å². The standard InChI is InChI=1S/C35H60O6/c1-7-22(20(2)3)9-8-21(4)26-12-13-27-25-11-10-23-18-24(14-16-34(23,5)28(25)15-17-35(26,27)6)40-33-32(39)31(38)30(37)29(19-36)41-33/h10,20-22,24-33,36-39H,7-9,11-19H2,1-6H3/t21-,22+,24+,25+,26-,27-,28-,29-,30-,31+,32-,33-,34+,35-/m0/s1. The molecule has 4 aliphatic carbocycles. The summed E-state index contributed by atoms with van der Waals surface area (Å²) in [6.07, 6.45) is 9.92. The highest BCUT2D eigenvalue weighted by Crippen LogP contribution is 2.67. The summed E-state index contributed by atoms with van der Waals surface area (Å²) in [7, 11) is 0. The molecule has 4 fully saturated rings. The van der Waals surface area contributed by atoms with Gasteiger partial charge in [0.1, 0.15) is 24.4 Å². The molecule has 1 saturated heterocycles. The highest BCUT2D eigenvalue weighted by molar-refractivity contribution is 5.25. The third-order valence-electron chi connectivity index (χ3n) is 13.5. The molecular formula is C35H60O6. The summed E-state index contributed by atoms with van der Waals surface area (Å²) in [4.78, 5) is 0. The van der Waals surface area contributed by atoms with Crippen molar-refractivity contribution in [3.05, 3.63) is 11.6 Å². The van der Waals surface area contributed by atoms with Crippen LogP contribution in [0.15, 0.2) is 11.6 Å². The average molecular weight is 577 g/mol. The van der Waals surface area contributed by atoms with Gasteiger partial charge in [-0.2, -0.15) is 0 Å². The minimum Gasteiger partial charge on any atom is -0.394 e. The van der Waals surface area contributed by atoms with E-state index in [1.54, 1.807) is 0 Å². The van der Waals surface area contributed by atoms with Crippen molar-refractivity contribution in [2.45, 2.75) is 149 Å². The second-order valence-electron chi connectivity index (χ2n) is 15.7. The summed E-state index contributed by atoms with van der Waals surface area (Å²) >= 11 is 0. The molecule has 6 nitrogen and oxygen atoms in total. The maximum atomic E-state index is 10.5. The lowest BCUT2D eigenvalue weighted by Gasteiger charge is -2.58. The molecule has 0 amide bonds. The Hall–Kier alpha value is -0.500. The van der Waals surface area contributed by atoms with Crippen molar-refractivity contribution in [3.8, 4) is 0 Å². The van der Waals surface area contributed by atoms with Crippen molar-refractivity contribution in [3.63, 3.8) is 0 Å². The van der Waals surface area contributed by atoms with Crippen LogP contribution in [0.3, 0.4) is 0 Å². The summed E-state index contributed by atoms with van der Waals surface area (Å²) in [5.74, 6) is 5.66. The molecule has 14 atom stereocenters. The maximum Gasteiger partial charge on any atom is 0.186 e. The fraction of sp³-hybridized carbons (Fsp3) is 0.943. The van der Waals surface area contributed by atoms with Crippen LogP contribution in [0.1, 0.15) is 112 Å². The molecular weight excluding hydrogens is 516 g/mol. The molecule has 1 aliphatic heterocycles. The second-order valence-corrected chi connectivity index (χ2v) is 15.7. The van der Waals surface area contributed by atoms with E-state index < -0.39 is 37.3 Å². The van der Waals surface area contributed by atoms with Gasteiger partial charge in [0.25, 0.3) is 0 Å². The quantitative estimate of drug-likeness (QED) is 0.257. The van der Waals surface area contributed by atoms with Gasteiger partial charge < -0.3 is 29.9 Å². The van der Waals surface area contributed by atoms with Gasteiger partial charge in [0.15, 0.2) is 6.29 Å². The summed E-state index contributed by atoms with van der Waals surface area (Å²) in [5.41, 5.74) is 2.19. The monoisotopic (exact) mass is 576 g/mol. The Morgan fingerprint density at radius 1 is 0.951 bits per heavy atom. The molecule has 0 aromatic heterocycles. The molecule has 1 heterocycles. The van der Waals surface area contributed by atoms with E-state index in [4.69, 9.17) is 9.47 Å². The smallest absolute Gasteiger partial charge is 0.186 e. The van der Waals surface area contributed by atoms with E-state index in [1.807, 2.05) is 0 Å². The molecule has 4 N–H and O–H groups in total. The first-order valence-electron chi connectivity index (χ1n) is 17.1. The third-order valence-corrected chi connectivity index (χ3v) is 13.5. The molecule has 41 heavy (non-hydrogen) atoms. The van der Waals surface area contributed by atoms with Crippen LogP contribution in [-0.2, 0) is 9.47 Å². The number of hydrogen-bond acceptors (Lipinski definition) is 6. The number of aliphatic hydroxyl groups is 4. The molecule has 236 valence electrons. The Kier molecular flexibility index (Phi) is 9.71. The zero-order valence-corrected chi connectivity index (χ0v) is 26.7. The van der Waals surface area contributed by atoms with Gasteiger partial charge in [-0.05, 0) is 110 Å². The van der Waals surface area contributed by atoms with Crippen LogP contribution in [0.2, 0.25) is 0 Å². The van der Waals surface area contributed by atoms with Crippen LogP contribution in [0.25, 0.3) is 0 Å². The first-order valence-corrected chi connectivity index (χ1v) is 17.1. The van der Waals surface area contributed by atoms with Crippen molar-refractivity contribution in [2.75, 3.05) is 6.61 Å². The Morgan fingerprint density at radius 3 is 2.39 bits per heavy atom. The number of allylic oxidation sites excluding steroid dienone is 1. The zero-order valence-electron chi connectivity index (χ0n) is 26.7. The van der Waals surface area contributed by atoms with Gasteiger partial charge in [-0.25, -0.2) is 0 Å². The lowest BCUT2D eigenvalue weighted by atomic mass is 9.47. The van der Waals surface area contributed by atoms with Crippen molar-refractivity contribution in [1.82, 2.24) is 0 Å². The molecule has 0 bridgehead atoms. The average Bonchev–Trinajstić information content (AvgIpc) is 3.30. The highest BCUT2D eigenvalue weighted by Gasteiger charge is 2.59. The molecule has 0 radical (unpaired) electrons. The van der Waals surface area contributed by atoms with Gasteiger partial charge in [-0.15, -0.1) is 0 Å². The normalized spacial score (nSPS) is 47.7. The maximum absolute atomic E-state index is 10.5. The number of fused-ring (bicyclic) bond motifs is 5. The van der Waals surface area contributed by atoms with Gasteiger partial charge in [0.2, 0.25) is 0 Å². The van der Waals surface area contributed by atoms with E-state index in [0.29, 0.717) is 5.41 Å². The van der Waals surface area contributed by atoms with Crippen LogP contribution in [0.5, 0.6) is 0 Å². The van der Waals surface area contributed by atoms with E-state index in [-0.39, 0.29) is 11.5 Å². The second kappa shape index (κ2) is 12.5. The van der Waals surface area contributed by atoms with E-state index in [2.05, 4.69) is 47.6 Å². The van der Waals surface area contributed by atoms with Crippen molar-refractivity contribution < 1.29 is 29.9 Å². The molecule has 5 aliphatic rings. The Labute approximate surface area is 249 Å². The van der Waals surface area contributed by atoms with Crippen molar-refractivity contribution in [1.29, 1.82) is 0 Å². The molecule has 0 unspecified atom stereocenters. The molecule has 0 spiro atoms. The highest BCUT2D eigenvalue weighted by atomic mass is 16.7. The third kappa shape index (κ3) is 5.73. The van der Waals surface area contributed by atoms with Crippen LogP contribution >= 0.6 is 0 Å². The van der Waals surface area contributed by atoms with E-state index in [1.165, 1.54) is 56.9 Å². The number of ether oxygens (including phenoxy) is 2. The summed E-state index contributed by atoms with van der Waals surface area (Å²) in [6, 6.07) is 0. The van der Waals surface area contributed by atoms with Gasteiger partial charge in [0.05, 0.1) is 12.7 Å². The predicted octanol–water partition coefficient (Wildman–Crippen LogP) is 5.85. The minimum absolute atomic E-state index is 0.101. The van der Waals surface area contributed by atoms with Gasteiger partial charge >= 0.3 is 0 Å². The number of aliphatic hydroxyl groups excluding tert-OH is 4. The first-order chi connectivity index (χ1) is 19.4. The van der Waals surface area contributed by atoms with Crippen LogP contribution in [0, 0.1) is 52.3 Å². The molecule has 3 saturated carbocycles. The lowest BCUT2D eigenvalue weighted by molar-refractivity contribution is -0.313. The lowest BCUT2D eigenvalue weighted by Crippen LogP contribution is -2.60. The summed E-state index contributed by atoms with van der Waals surface area (Å²) < 4.78 is 11.9. The Morgan fingerprint density at radius 2 is 1.71 bits per heavy atom. The minimum atomic E-state index is -1.40. The SMILES string of the molecule is CC[C@H](CC[C@H](C)[C@@H]1CC[C@H]2[C@H]3CC=C4C[C@H](O[C@H]5O[C@@H](CO)[C@H](O)[C@@H](O)[C@@H]5O)CC[C@@]4(C)[C@H]3CC[C@]21C)C(C)C. The van der Waals surface area contributed by atoms with Crippen molar-refractivity contribution >= 4 is 0 Å². The van der Waals surface area contributed by atoms with E-state index in [0.717, 1.165) is 60.7 Å². The number of rotatable bonds is 9. The first kappa shape index (κ1) is 31.9.